The van der Waals surface area contributed by atoms with Gasteiger partial charge in [0, 0.05) is 42.5 Å². The van der Waals surface area contributed by atoms with E-state index in [9.17, 15) is 9.59 Å². The van der Waals surface area contributed by atoms with E-state index in [4.69, 9.17) is 0 Å². The largest absolute Gasteiger partial charge is 0.339 e. The standard InChI is InChI=1S/C21H24N2O2S/c1-15-2-4-16(5-3-15)20(24)22-10-6-17(7-11-22)21(25)23-12-8-19-18(14-23)9-13-26-19/h2-5,9,13,17H,6-8,10-12,14H2,1H3. The lowest BCUT2D eigenvalue weighted by atomic mass is 9.94. The molecular weight excluding hydrogens is 344 g/mol. The quantitative estimate of drug-likeness (QED) is 0.814. The molecule has 4 nitrogen and oxygen atoms in total. The number of nitrogens with zero attached hydrogens (tertiary/aromatic N) is 2. The molecule has 2 aliphatic rings. The molecule has 1 aromatic heterocycles. The zero-order valence-electron chi connectivity index (χ0n) is 15.1. The third kappa shape index (κ3) is 3.40. The van der Waals surface area contributed by atoms with Crippen LogP contribution in [-0.4, -0.2) is 41.2 Å². The van der Waals surface area contributed by atoms with Crippen molar-refractivity contribution >= 4 is 23.2 Å². The van der Waals surface area contributed by atoms with Crippen LogP contribution in [0, 0.1) is 12.8 Å². The van der Waals surface area contributed by atoms with Gasteiger partial charge in [-0.15, -0.1) is 11.3 Å². The summed E-state index contributed by atoms with van der Waals surface area (Å²) in [5.41, 5.74) is 3.20. The van der Waals surface area contributed by atoms with Crippen molar-refractivity contribution in [1.29, 1.82) is 0 Å². The van der Waals surface area contributed by atoms with Crippen molar-refractivity contribution in [2.75, 3.05) is 19.6 Å². The van der Waals surface area contributed by atoms with Crippen molar-refractivity contribution in [2.24, 2.45) is 5.92 Å². The molecule has 0 unspecified atom stereocenters. The molecule has 0 saturated carbocycles. The Kier molecular flexibility index (Phi) is 4.81. The minimum Gasteiger partial charge on any atom is -0.339 e. The molecule has 1 aromatic carbocycles. The van der Waals surface area contributed by atoms with Crippen molar-refractivity contribution in [3.63, 3.8) is 0 Å². The summed E-state index contributed by atoms with van der Waals surface area (Å²) in [4.78, 5) is 30.8. The molecule has 2 aromatic rings. The van der Waals surface area contributed by atoms with E-state index in [2.05, 4.69) is 11.4 Å². The van der Waals surface area contributed by atoms with Gasteiger partial charge in [0.25, 0.3) is 5.91 Å². The average molecular weight is 369 g/mol. The number of aryl methyl sites for hydroxylation is 1. The van der Waals surface area contributed by atoms with E-state index in [1.165, 1.54) is 10.4 Å². The number of thiophene rings is 1. The Morgan fingerprint density at radius 1 is 1.00 bits per heavy atom. The monoisotopic (exact) mass is 368 g/mol. The van der Waals surface area contributed by atoms with Crippen molar-refractivity contribution in [3.8, 4) is 0 Å². The van der Waals surface area contributed by atoms with Gasteiger partial charge in [-0.05, 0) is 55.3 Å². The second-order valence-corrected chi connectivity index (χ2v) is 8.31. The molecule has 0 spiro atoms. The third-order valence-electron chi connectivity index (χ3n) is 5.55. The number of rotatable bonds is 2. The van der Waals surface area contributed by atoms with Crippen molar-refractivity contribution in [3.05, 3.63) is 57.3 Å². The molecule has 26 heavy (non-hydrogen) atoms. The van der Waals surface area contributed by atoms with E-state index in [0.29, 0.717) is 13.1 Å². The summed E-state index contributed by atoms with van der Waals surface area (Å²) in [6.07, 6.45) is 2.51. The molecule has 136 valence electrons. The number of amides is 2. The van der Waals surface area contributed by atoms with Gasteiger partial charge in [0.2, 0.25) is 5.91 Å². The second kappa shape index (κ2) is 7.23. The molecule has 3 heterocycles. The van der Waals surface area contributed by atoms with Gasteiger partial charge in [-0.3, -0.25) is 9.59 Å². The van der Waals surface area contributed by atoms with E-state index in [0.717, 1.165) is 43.5 Å². The lowest BCUT2D eigenvalue weighted by Crippen LogP contribution is -2.45. The van der Waals surface area contributed by atoms with Gasteiger partial charge in [-0.2, -0.15) is 0 Å². The van der Waals surface area contributed by atoms with Crippen molar-refractivity contribution < 1.29 is 9.59 Å². The van der Waals surface area contributed by atoms with E-state index < -0.39 is 0 Å². The second-order valence-electron chi connectivity index (χ2n) is 7.31. The van der Waals surface area contributed by atoms with Crippen LogP contribution in [-0.2, 0) is 17.8 Å². The Morgan fingerprint density at radius 2 is 1.73 bits per heavy atom. The number of hydrogen-bond acceptors (Lipinski definition) is 3. The fourth-order valence-electron chi connectivity index (χ4n) is 3.90. The summed E-state index contributed by atoms with van der Waals surface area (Å²) >= 11 is 1.79. The fourth-order valence-corrected chi connectivity index (χ4v) is 4.79. The number of carbonyl (C=O) groups excluding carboxylic acids is 2. The van der Waals surface area contributed by atoms with E-state index in [-0.39, 0.29) is 17.7 Å². The van der Waals surface area contributed by atoms with Crippen LogP contribution in [0.5, 0.6) is 0 Å². The molecule has 0 N–H and O–H groups in total. The Morgan fingerprint density at radius 3 is 2.46 bits per heavy atom. The smallest absolute Gasteiger partial charge is 0.253 e. The Bertz CT molecular complexity index is 804. The van der Waals surface area contributed by atoms with Crippen molar-refractivity contribution in [1.82, 2.24) is 9.80 Å². The molecule has 0 atom stereocenters. The van der Waals surface area contributed by atoms with Crippen LogP contribution in [0.25, 0.3) is 0 Å². The highest BCUT2D eigenvalue weighted by molar-refractivity contribution is 7.10. The highest BCUT2D eigenvalue weighted by Gasteiger charge is 2.32. The molecule has 0 bridgehead atoms. The van der Waals surface area contributed by atoms with Crippen LogP contribution in [0.4, 0.5) is 0 Å². The number of likely N-dealkylation sites (tertiary alicyclic amines) is 1. The molecule has 0 radical (unpaired) electrons. The minimum atomic E-state index is 0.0530. The van der Waals surface area contributed by atoms with E-state index in [1.54, 1.807) is 11.3 Å². The first-order valence-corrected chi connectivity index (χ1v) is 10.2. The van der Waals surface area contributed by atoms with Crippen molar-refractivity contribution in [2.45, 2.75) is 32.7 Å². The number of benzene rings is 1. The fraction of sp³-hybridized carbons (Fsp3) is 0.429. The number of fused-ring (bicyclic) bond motifs is 1. The summed E-state index contributed by atoms with van der Waals surface area (Å²) in [5.74, 6) is 0.401. The van der Waals surface area contributed by atoms with E-state index >= 15 is 0 Å². The predicted octanol–water partition coefficient (Wildman–Crippen LogP) is 3.49. The van der Waals surface area contributed by atoms with Crippen LogP contribution >= 0.6 is 11.3 Å². The van der Waals surface area contributed by atoms with Gasteiger partial charge in [-0.1, -0.05) is 17.7 Å². The van der Waals surface area contributed by atoms with Gasteiger partial charge < -0.3 is 9.80 Å². The van der Waals surface area contributed by atoms with Crippen LogP contribution in [0.3, 0.4) is 0 Å². The maximum Gasteiger partial charge on any atom is 0.253 e. The van der Waals surface area contributed by atoms with Crippen LogP contribution < -0.4 is 0 Å². The Labute approximate surface area is 158 Å². The zero-order valence-corrected chi connectivity index (χ0v) is 15.9. The van der Waals surface area contributed by atoms with Gasteiger partial charge >= 0.3 is 0 Å². The Hall–Kier alpha value is -2.14. The lowest BCUT2D eigenvalue weighted by molar-refractivity contribution is -0.137. The SMILES string of the molecule is Cc1ccc(C(=O)N2CCC(C(=O)N3CCc4sccc4C3)CC2)cc1. The van der Waals surface area contributed by atoms with Crippen LogP contribution in [0.1, 0.15) is 39.2 Å². The molecule has 1 saturated heterocycles. The first-order chi connectivity index (χ1) is 12.6. The number of piperidine rings is 1. The van der Waals surface area contributed by atoms with E-state index in [1.807, 2.05) is 41.0 Å². The summed E-state index contributed by atoms with van der Waals surface area (Å²) in [6.45, 7) is 4.93. The first-order valence-electron chi connectivity index (χ1n) is 9.32. The molecule has 4 rings (SSSR count). The minimum absolute atomic E-state index is 0.0530. The Balaban J connectivity index is 1.34. The highest BCUT2D eigenvalue weighted by atomic mass is 32.1. The number of carbonyl (C=O) groups is 2. The molecule has 1 fully saturated rings. The topological polar surface area (TPSA) is 40.6 Å². The lowest BCUT2D eigenvalue weighted by Gasteiger charge is -2.35. The zero-order chi connectivity index (χ0) is 18.1. The molecule has 2 amide bonds. The summed E-state index contributed by atoms with van der Waals surface area (Å²) in [6, 6.07) is 9.86. The third-order valence-corrected chi connectivity index (χ3v) is 6.57. The molecular formula is C21H24N2O2S. The maximum atomic E-state index is 12.9. The van der Waals surface area contributed by atoms with Crippen LogP contribution in [0.15, 0.2) is 35.7 Å². The van der Waals surface area contributed by atoms with Gasteiger partial charge in [0.1, 0.15) is 0 Å². The van der Waals surface area contributed by atoms with Gasteiger partial charge in [0.05, 0.1) is 0 Å². The van der Waals surface area contributed by atoms with Crippen LogP contribution in [0.2, 0.25) is 0 Å². The first kappa shape index (κ1) is 17.3. The maximum absolute atomic E-state index is 12.9. The van der Waals surface area contributed by atoms with Gasteiger partial charge in [0.15, 0.2) is 0 Å². The molecule has 2 aliphatic heterocycles. The highest BCUT2D eigenvalue weighted by Crippen LogP contribution is 2.27. The molecule has 5 heteroatoms. The number of hydrogen-bond donors (Lipinski definition) is 0. The normalized spacial score (nSPS) is 17.9. The summed E-state index contributed by atoms with van der Waals surface area (Å²) in [5, 5.41) is 2.12. The predicted molar refractivity (Wildman–Crippen MR) is 103 cm³/mol. The average Bonchev–Trinajstić information content (AvgIpc) is 3.15. The summed E-state index contributed by atoms with van der Waals surface area (Å²) in [7, 11) is 0. The summed E-state index contributed by atoms with van der Waals surface area (Å²) < 4.78 is 0. The molecule has 0 aliphatic carbocycles. The van der Waals surface area contributed by atoms with Gasteiger partial charge in [-0.25, -0.2) is 0 Å².